The van der Waals surface area contributed by atoms with E-state index in [1.165, 1.54) is 18.4 Å². The molecule has 1 aliphatic rings. The molecule has 1 aromatic rings. The van der Waals surface area contributed by atoms with Crippen molar-refractivity contribution >= 4 is 5.69 Å². The first-order chi connectivity index (χ1) is 8.40. The second-order valence-electron chi connectivity index (χ2n) is 4.31. The number of rotatable bonds is 6. The lowest BCUT2D eigenvalue weighted by atomic mass is 10.1. The molecule has 0 aliphatic carbocycles. The van der Waals surface area contributed by atoms with Gasteiger partial charge in [-0.05, 0) is 25.8 Å². The van der Waals surface area contributed by atoms with Gasteiger partial charge in [0.15, 0.2) is 0 Å². The SMILES string of the molecule is CCOCc1ccccc1NCC1CCCO1. The summed E-state index contributed by atoms with van der Waals surface area (Å²) in [6, 6.07) is 8.30. The molecule has 3 heteroatoms. The fourth-order valence-electron chi connectivity index (χ4n) is 2.06. The summed E-state index contributed by atoms with van der Waals surface area (Å²) in [6.07, 6.45) is 2.73. The number of hydrogen-bond donors (Lipinski definition) is 1. The van der Waals surface area contributed by atoms with Gasteiger partial charge in [0.1, 0.15) is 0 Å². The third-order valence-corrected chi connectivity index (χ3v) is 3.02. The van der Waals surface area contributed by atoms with Crippen molar-refractivity contribution in [3.63, 3.8) is 0 Å². The smallest absolute Gasteiger partial charge is 0.0748 e. The summed E-state index contributed by atoms with van der Waals surface area (Å²) >= 11 is 0. The minimum absolute atomic E-state index is 0.371. The van der Waals surface area contributed by atoms with E-state index in [4.69, 9.17) is 9.47 Å². The maximum Gasteiger partial charge on any atom is 0.0748 e. The van der Waals surface area contributed by atoms with E-state index in [9.17, 15) is 0 Å². The average Bonchev–Trinajstić information content (AvgIpc) is 2.88. The zero-order valence-corrected chi connectivity index (χ0v) is 10.4. The zero-order valence-electron chi connectivity index (χ0n) is 10.4. The lowest BCUT2D eigenvalue weighted by Crippen LogP contribution is -2.19. The summed E-state index contributed by atoms with van der Waals surface area (Å²) in [5.74, 6) is 0. The van der Waals surface area contributed by atoms with E-state index in [0.717, 1.165) is 25.4 Å². The minimum atomic E-state index is 0.371. The number of hydrogen-bond acceptors (Lipinski definition) is 3. The highest BCUT2D eigenvalue weighted by Crippen LogP contribution is 2.18. The molecule has 1 unspecified atom stereocenters. The van der Waals surface area contributed by atoms with E-state index in [1.54, 1.807) is 0 Å². The molecule has 3 nitrogen and oxygen atoms in total. The maximum atomic E-state index is 5.60. The van der Waals surface area contributed by atoms with Crippen LogP contribution in [0.25, 0.3) is 0 Å². The molecule has 1 atom stereocenters. The van der Waals surface area contributed by atoms with Crippen LogP contribution < -0.4 is 5.32 Å². The number of para-hydroxylation sites is 1. The van der Waals surface area contributed by atoms with Crippen LogP contribution in [0.15, 0.2) is 24.3 Å². The van der Waals surface area contributed by atoms with Crippen LogP contribution in [-0.2, 0) is 16.1 Å². The Morgan fingerprint density at radius 3 is 3.06 bits per heavy atom. The summed E-state index contributed by atoms with van der Waals surface area (Å²) in [5.41, 5.74) is 2.38. The Hall–Kier alpha value is -1.06. The lowest BCUT2D eigenvalue weighted by Gasteiger charge is -2.15. The molecule has 17 heavy (non-hydrogen) atoms. The molecule has 1 saturated heterocycles. The molecule has 1 N–H and O–H groups in total. The van der Waals surface area contributed by atoms with Crippen molar-refractivity contribution in [2.45, 2.75) is 32.5 Å². The van der Waals surface area contributed by atoms with Crippen LogP contribution >= 0.6 is 0 Å². The van der Waals surface area contributed by atoms with E-state index in [2.05, 4.69) is 17.4 Å². The van der Waals surface area contributed by atoms with Gasteiger partial charge in [0.2, 0.25) is 0 Å². The number of anilines is 1. The molecule has 0 amide bonds. The van der Waals surface area contributed by atoms with Crippen molar-refractivity contribution in [1.82, 2.24) is 0 Å². The van der Waals surface area contributed by atoms with Crippen molar-refractivity contribution in [3.05, 3.63) is 29.8 Å². The van der Waals surface area contributed by atoms with Crippen LogP contribution in [0.1, 0.15) is 25.3 Å². The number of ether oxygens (including phenoxy) is 2. The van der Waals surface area contributed by atoms with E-state index >= 15 is 0 Å². The van der Waals surface area contributed by atoms with Gasteiger partial charge >= 0.3 is 0 Å². The summed E-state index contributed by atoms with van der Waals surface area (Å²) in [6.45, 7) is 5.24. The van der Waals surface area contributed by atoms with Crippen molar-refractivity contribution < 1.29 is 9.47 Å². The topological polar surface area (TPSA) is 30.5 Å². The summed E-state index contributed by atoms with van der Waals surface area (Å²) in [7, 11) is 0. The molecule has 0 spiro atoms. The predicted octanol–water partition coefficient (Wildman–Crippen LogP) is 2.81. The van der Waals surface area contributed by atoms with Crippen LogP contribution in [0.3, 0.4) is 0 Å². The van der Waals surface area contributed by atoms with Crippen LogP contribution in [0.2, 0.25) is 0 Å². The third-order valence-electron chi connectivity index (χ3n) is 3.02. The normalized spacial score (nSPS) is 19.5. The Labute approximate surface area is 103 Å². The quantitative estimate of drug-likeness (QED) is 0.822. The molecular formula is C14H21NO2. The van der Waals surface area contributed by atoms with Gasteiger partial charge < -0.3 is 14.8 Å². The van der Waals surface area contributed by atoms with E-state index < -0.39 is 0 Å². The molecule has 0 bridgehead atoms. The van der Waals surface area contributed by atoms with E-state index in [1.807, 2.05) is 19.1 Å². The van der Waals surface area contributed by atoms with Crippen molar-refractivity contribution in [2.75, 3.05) is 25.1 Å². The first kappa shape index (κ1) is 12.4. The fraction of sp³-hybridized carbons (Fsp3) is 0.571. The van der Waals surface area contributed by atoms with Crippen LogP contribution in [0.5, 0.6) is 0 Å². The molecule has 0 saturated carbocycles. The van der Waals surface area contributed by atoms with Crippen LogP contribution in [-0.4, -0.2) is 25.9 Å². The fourth-order valence-corrected chi connectivity index (χ4v) is 2.06. The molecule has 0 aromatic heterocycles. The highest BCUT2D eigenvalue weighted by atomic mass is 16.5. The Morgan fingerprint density at radius 1 is 1.41 bits per heavy atom. The Balaban J connectivity index is 1.89. The molecule has 94 valence electrons. The molecule has 1 heterocycles. The summed E-state index contributed by atoms with van der Waals surface area (Å²) in [4.78, 5) is 0. The van der Waals surface area contributed by atoms with Gasteiger partial charge in [-0.2, -0.15) is 0 Å². The first-order valence-corrected chi connectivity index (χ1v) is 6.41. The second kappa shape index (κ2) is 6.62. The lowest BCUT2D eigenvalue weighted by molar-refractivity contribution is 0.120. The molecule has 2 rings (SSSR count). The maximum absolute atomic E-state index is 5.60. The van der Waals surface area contributed by atoms with Crippen molar-refractivity contribution in [2.24, 2.45) is 0 Å². The highest BCUT2D eigenvalue weighted by molar-refractivity contribution is 5.50. The van der Waals surface area contributed by atoms with Gasteiger partial charge in [0.25, 0.3) is 0 Å². The van der Waals surface area contributed by atoms with E-state index in [-0.39, 0.29) is 0 Å². The molecule has 1 aliphatic heterocycles. The summed E-state index contributed by atoms with van der Waals surface area (Å²) < 4.78 is 11.1. The predicted molar refractivity (Wildman–Crippen MR) is 69.2 cm³/mol. The summed E-state index contributed by atoms with van der Waals surface area (Å²) in [5, 5.41) is 3.46. The molecule has 0 radical (unpaired) electrons. The Bertz CT molecular complexity index is 335. The number of benzene rings is 1. The second-order valence-corrected chi connectivity index (χ2v) is 4.31. The van der Waals surface area contributed by atoms with Gasteiger partial charge in [-0.3, -0.25) is 0 Å². The zero-order chi connectivity index (χ0) is 11.9. The number of nitrogens with one attached hydrogen (secondary N) is 1. The van der Waals surface area contributed by atoms with Gasteiger partial charge in [-0.15, -0.1) is 0 Å². The monoisotopic (exact) mass is 235 g/mol. The standard InChI is InChI=1S/C14H21NO2/c1-2-16-11-12-6-3-4-8-14(12)15-10-13-7-5-9-17-13/h3-4,6,8,13,15H,2,5,7,9-11H2,1H3. The van der Waals surface area contributed by atoms with Crippen molar-refractivity contribution in [3.8, 4) is 0 Å². The van der Waals surface area contributed by atoms with Gasteiger partial charge in [0, 0.05) is 31.0 Å². The van der Waals surface area contributed by atoms with Gasteiger partial charge in [0.05, 0.1) is 12.7 Å². The minimum Gasteiger partial charge on any atom is -0.382 e. The molecule has 1 fully saturated rings. The molecule has 1 aromatic carbocycles. The Morgan fingerprint density at radius 2 is 2.29 bits per heavy atom. The van der Waals surface area contributed by atoms with Crippen LogP contribution in [0, 0.1) is 0 Å². The van der Waals surface area contributed by atoms with Gasteiger partial charge in [-0.25, -0.2) is 0 Å². The largest absolute Gasteiger partial charge is 0.382 e. The van der Waals surface area contributed by atoms with E-state index in [0.29, 0.717) is 12.7 Å². The Kier molecular flexibility index (Phi) is 4.83. The third kappa shape index (κ3) is 3.72. The van der Waals surface area contributed by atoms with Crippen LogP contribution in [0.4, 0.5) is 5.69 Å². The first-order valence-electron chi connectivity index (χ1n) is 6.41. The van der Waals surface area contributed by atoms with Crippen molar-refractivity contribution in [1.29, 1.82) is 0 Å². The van der Waals surface area contributed by atoms with Gasteiger partial charge in [-0.1, -0.05) is 18.2 Å². The molecular weight excluding hydrogens is 214 g/mol. The highest BCUT2D eigenvalue weighted by Gasteiger charge is 2.15. The average molecular weight is 235 g/mol.